The van der Waals surface area contributed by atoms with Crippen LogP contribution in [0.2, 0.25) is 0 Å². The lowest BCUT2D eigenvalue weighted by Crippen LogP contribution is -2.39. The maximum absolute atomic E-state index is 11.9. The van der Waals surface area contributed by atoms with Crippen molar-refractivity contribution in [3.05, 3.63) is 33.1 Å². The summed E-state index contributed by atoms with van der Waals surface area (Å²) < 4.78 is 12.1. The van der Waals surface area contributed by atoms with Crippen LogP contribution in [0.15, 0.2) is 21.9 Å². The van der Waals surface area contributed by atoms with Gasteiger partial charge < -0.3 is 24.6 Å². The van der Waals surface area contributed by atoms with Gasteiger partial charge in [-0.3, -0.25) is 19.1 Å². The van der Waals surface area contributed by atoms with Crippen LogP contribution in [0.4, 0.5) is 0 Å². The van der Waals surface area contributed by atoms with Crippen LogP contribution in [0, 0.1) is 0 Å². The van der Waals surface area contributed by atoms with Crippen LogP contribution in [-0.2, 0) is 14.3 Å². The van der Waals surface area contributed by atoms with E-state index in [0.29, 0.717) is 0 Å². The summed E-state index contributed by atoms with van der Waals surface area (Å²) in [7, 11) is 3.22. The number of amides is 1. The second kappa shape index (κ2) is 7.71. The normalized spacial score (nSPS) is 26.5. The van der Waals surface area contributed by atoms with Crippen LogP contribution in [0.1, 0.15) is 12.6 Å². The van der Waals surface area contributed by atoms with Crippen molar-refractivity contribution in [2.75, 3.05) is 27.3 Å². The Kier molecular flexibility index (Phi) is 5.89. The van der Waals surface area contributed by atoms with Crippen molar-refractivity contribution in [3.8, 4) is 0 Å². The fraction of sp³-hybridized carbons (Fsp3) is 0.643. The van der Waals surface area contributed by atoms with Gasteiger partial charge in [-0.1, -0.05) is 0 Å². The minimum absolute atomic E-state index is 0.00878. The average molecular weight is 343 g/mol. The molecule has 134 valence electrons. The Labute approximate surface area is 137 Å². The number of nitrogens with zero attached hydrogens (tertiary/aromatic N) is 2. The first-order valence-corrected chi connectivity index (χ1v) is 7.42. The molecule has 1 saturated heterocycles. The Morgan fingerprint density at radius 1 is 1.46 bits per heavy atom. The number of hydrogen-bond acceptors (Lipinski definition) is 7. The average Bonchev–Trinajstić information content (AvgIpc) is 2.83. The molecule has 2 heterocycles. The highest BCUT2D eigenvalue weighted by molar-refractivity contribution is 5.75. The standard InChI is InChI=1S/C14H21N3O7/c1-16(2)10(20)4-6-23-12-11(21)8(7-18)24-13(12)17-5-3-9(19)15-14(17)22/h3,5,8,11-13,18,21H,4,6-7H2,1-2H3,(H,15,19,22)/t8-,11-,12-,13-/m1/s1. The first kappa shape index (κ1) is 18.3. The minimum Gasteiger partial charge on any atom is -0.394 e. The Hall–Kier alpha value is -2.01. The Morgan fingerprint density at radius 2 is 2.17 bits per heavy atom. The van der Waals surface area contributed by atoms with E-state index >= 15 is 0 Å². The molecule has 1 fully saturated rings. The van der Waals surface area contributed by atoms with E-state index in [1.54, 1.807) is 14.1 Å². The summed E-state index contributed by atoms with van der Waals surface area (Å²) >= 11 is 0. The largest absolute Gasteiger partial charge is 0.394 e. The molecule has 1 amide bonds. The fourth-order valence-corrected chi connectivity index (χ4v) is 2.41. The smallest absolute Gasteiger partial charge is 0.330 e. The van der Waals surface area contributed by atoms with Crippen molar-refractivity contribution in [1.29, 1.82) is 0 Å². The summed E-state index contributed by atoms with van der Waals surface area (Å²) in [5.41, 5.74) is -1.29. The second-order valence-corrected chi connectivity index (χ2v) is 5.63. The van der Waals surface area contributed by atoms with Crippen molar-refractivity contribution in [2.45, 2.75) is 31.0 Å². The predicted molar refractivity (Wildman–Crippen MR) is 81.4 cm³/mol. The number of aliphatic hydroxyl groups excluding tert-OH is 2. The summed E-state index contributed by atoms with van der Waals surface area (Å²) in [4.78, 5) is 38.1. The lowest BCUT2D eigenvalue weighted by molar-refractivity contribution is -0.132. The number of H-pyrrole nitrogens is 1. The molecule has 2 rings (SSSR count). The number of nitrogens with one attached hydrogen (secondary N) is 1. The maximum Gasteiger partial charge on any atom is 0.330 e. The Morgan fingerprint density at radius 3 is 2.75 bits per heavy atom. The number of ether oxygens (including phenoxy) is 2. The zero-order valence-electron chi connectivity index (χ0n) is 13.4. The van der Waals surface area contributed by atoms with Gasteiger partial charge in [0.25, 0.3) is 5.56 Å². The number of rotatable bonds is 6. The van der Waals surface area contributed by atoms with Gasteiger partial charge in [-0.15, -0.1) is 0 Å². The third kappa shape index (κ3) is 3.90. The quantitative estimate of drug-likeness (QED) is 0.526. The third-order valence-corrected chi connectivity index (χ3v) is 3.74. The molecule has 1 aromatic rings. The SMILES string of the molecule is CN(C)C(=O)CCO[C@@H]1[C@H](O)[C@@H](CO)O[C@H]1n1ccc(=O)[nH]c1=O. The zero-order chi connectivity index (χ0) is 17.9. The molecule has 1 aliphatic rings. The number of carbonyl (C=O) groups excluding carboxylic acids is 1. The first-order chi connectivity index (χ1) is 11.3. The number of aromatic amines is 1. The van der Waals surface area contributed by atoms with Crippen LogP contribution in [0.25, 0.3) is 0 Å². The van der Waals surface area contributed by atoms with E-state index in [1.165, 1.54) is 11.1 Å². The number of aromatic nitrogens is 2. The van der Waals surface area contributed by atoms with E-state index in [4.69, 9.17) is 9.47 Å². The number of aliphatic hydroxyl groups is 2. The summed E-state index contributed by atoms with van der Waals surface area (Å²) in [5, 5.41) is 19.5. The van der Waals surface area contributed by atoms with Crippen LogP contribution < -0.4 is 11.2 Å². The molecule has 0 aromatic carbocycles. The molecule has 24 heavy (non-hydrogen) atoms. The van der Waals surface area contributed by atoms with Gasteiger partial charge in [0.15, 0.2) is 6.23 Å². The van der Waals surface area contributed by atoms with Gasteiger partial charge in [-0.05, 0) is 0 Å². The molecular weight excluding hydrogens is 322 g/mol. The van der Waals surface area contributed by atoms with Gasteiger partial charge in [0, 0.05) is 26.4 Å². The van der Waals surface area contributed by atoms with Crippen LogP contribution in [0.5, 0.6) is 0 Å². The van der Waals surface area contributed by atoms with E-state index < -0.39 is 42.4 Å². The van der Waals surface area contributed by atoms with E-state index in [2.05, 4.69) is 4.98 Å². The highest BCUT2D eigenvalue weighted by atomic mass is 16.6. The van der Waals surface area contributed by atoms with E-state index in [0.717, 1.165) is 10.6 Å². The molecule has 3 N–H and O–H groups in total. The van der Waals surface area contributed by atoms with Gasteiger partial charge in [0.2, 0.25) is 5.91 Å². The van der Waals surface area contributed by atoms with Gasteiger partial charge in [-0.25, -0.2) is 4.79 Å². The highest BCUT2D eigenvalue weighted by Gasteiger charge is 2.45. The van der Waals surface area contributed by atoms with Crippen LogP contribution in [0.3, 0.4) is 0 Å². The summed E-state index contributed by atoms with van der Waals surface area (Å²) in [6.07, 6.45) is -2.82. The number of carbonyl (C=O) groups is 1. The van der Waals surface area contributed by atoms with Crippen LogP contribution >= 0.6 is 0 Å². The van der Waals surface area contributed by atoms with Crippen molar-refractivity contribution in [1.82, 2.24) is 14.5 Å². The van der Waals surface area contributed by atoms with Crippen molar-refractivity contribution in [3.63, 3.8) is 0 Å². The predicted octanol–water partition coefficient (Wildman–Crippen LogP) is -2.35. The molecule has 0 radical (unpaired) electrons. The van der Waals surface area contributed by atoms with E-state index in [-0.39, 0.29) is 18.9 Å². The molecule has 4 atom stereocenters. The van der Waals surface area contributed by atoms with Crippen LogP contribution in [-0.4, -0.2) is 76.2 Å². The van der Waals surface area contributed by atoms with E-state index in [1.807, 2.05) is 0 Å². The molecule has 10 heteroatoms. The molecule has 1 aromatic heterocycles. The lowest BCUT2D eigenvalue weighted by atomic mass is 10.1. The number of hydrogen-bond donors (Lipinski definition) is 3. The van der Waals surface area contributed by atoms with Gasteiger partial charge in [0.1, 0.15) is 18.3 Å². The molecule has 10 nitrogen and oxygen atoms in total. The monoisotopic (exact) mass is 343 g/mol. The Balaban J connectivity index is 2.16. The third-order valence-electron chi connectivity index (χ3n) is 3.74. The van der Waals surface area contributed by atoms with Crippen molar-refractivity contribution < 1.29 is 24.5 Å². The summed E-state index contributed by atoms with van der Waals surface area (Å²) in [6.45, 7) is -0.457. The summed E-state index contributed by atoms with van der Waals surface area (Å²) in [6, 6.07) is 1.13. The minimum atomic E-state index is -1.19. The maximum atomic E-state index is 11.9. The lowest BCUT2D eigenvalue weighted by Gasteiger charge is -2.22. The second-order valence-electron chi connectivity index (χ2n) is 5.63. The molecule has 0 saturated carbocycles. The summed E-state index contributed by atoms with van der Waals surface area (Å²) in [5.74, 6) is -0.153. The van der Waals surface area contributed by atoms with Gasteiger partial charge >= 0.3 is 5.69 Å². The highest BCUT2D eigenvalue weighted by Crippen LogP contribution is 2.30. The molecule has 0 spiro atoms. The topological polar surface area (TPSA) is 134 Å². The molecule has 0 bridgehead atoms. The Bertz CT molecular complexity index is 683. The van der Waals surface area contributed by atoms with Crippen molar-refractivity contribution >= 4 is 5.91 Å². The van der Waals surface area contributed by atoms with Gasteiger partial charge in [0.05, 0.1) is 19.6 Å². The molecular formula is C14H21N3O7. The van der Waals surface area contributed by atoms with Gasteiger partial charge in [-0.2, -0.15) is 0 Å². The zero-order valence-corrected chi connectivity index (χ0v) is 13.4. The molecule has 0 unspecified atom stereocenters. The van der Waals surface area contributed by atoms with Crippen molar-refractivity contribution in [2.24, 2.45) is 0 Å². The first-order valence-electron chi connectivity index (χ1n) is 7.42. The molecule has 0 aliphatic carbocycles. The molecule has 1 aliphatic heterocycles. The van der Waals surface area contributed by atoms with E-state index in [9.17, 15) is 24.6 Å². The fourth-order valence-electron chi connectivity index (χ4n) is 2.41.